The second-order valence-corrected chi connectivity index (χ2v) is 4.85. The van der Waals surface area contributed by atoms with Crippen LogP contribution in [0, 0.1) is 5.82 Å². The van der Waals surface area contributed by atoms with E-state index in [-0.39, 0.29) is 0 Å². The van der Waals surface area contributed by atoms with Crippen molar-refractivity contribution in [2.75, 3.05) is 12.4 Å². The molecule has 0 unspecified atom stereocenters. The monoisotopic (exact) mass is 339 g/mol. The summed E-state index contributed by atoms with van der Waals surface area (Å²) in [7, 11) is 1.46. The summed E-state index contributed by atoms with van der Waals surface area (Å²) >= 11 is 3.27. The number of methoxy groups -OCH3 is 1. The van der Waals surface area contributed by atoms with Gasteiger partial charge >= 0.3 is 0 Å². The van der Waals surface area contributed by atoms with Crippen molar-refractivity contribution in [3.63, 3.8) is 0 Å². The highest BCUT2D eigenvalue weighted by Gasteiger charge is 2.18. The minimum atomic E-state index is -0.795. The van der Waals surface area contributed by atoms with E-state index < -0.39 is 23.0 Å². The highest BCUT2D eigenvalue weighted by molar-refractivity contribution is 9.10. The highest BCUT2D eigenvalue weighted by atomic mass is 79.9. The summed E-state index contributed by atoms with van der Waals surface area (Å²) in [6.07, 6.45) is 0. The van der Waals surface area contributed by atoms with Crippen LogP contribution in [-0.4, -0.2) is 18.1 Å². The Bertz CT molecular complexity index is 641. The summed E-state index contributed by atoms with van der Waals surface area (Å²) in [6.45, 7) is 0. The van der Waals surface area contributed by atoms with E-state index in [0.29, 0.717) is 11.4 Å². The Kier molecular flexibility index (Phi) is 4.24. The smallest absolute Gasteiger partial charge is 0.262 e. The predicted octanol–water partition coefficient (Wildman–Crippen LogP) is 3.55. The maximum absolute atomic E-state index is 13.6. The molecule has 4 nitrogen and oxygen atoms in total. The van der Waals surface area contributed by atoms with E-state index in [9.17, 15) is 14.3 Å². The summed E-state index contributed by atoms with van der Waals surface area (Å²) in [5.41, 5.74) is -0.0379. The number of phenols is 1. The van der Waals surface area contributed by atoms with E-state index in [1.165, 1.54) is 19.2 Å². The molecule has 0 aliphatic heterocycles. The van der Waals surface area contributed by atoms with E-state index in [1.54, 1.807) is 18.2 Å². The molecule has 0 atom stereocenters. The fraction of sp³-hybridized carbons (Fsp3) is 0.0714. The van der Waals surface area contributed by atoms with Crippen LogP contribution in [0.4, 0.5) is 10.1 Å². The van der Waals surface area contributed by atoms with Crippen LogP contribution in [0.15, 0.2) is 40.9 Å². The number of rotatable bonds is 3. The lowest BCUT2D eigenvalue weighted by atomic mass is 10.1. The molecule has 0 radical (unpaired) electrons. The lowest BCUT2D eigenvalue weighted by Gasteiger charge is -2.11. The number of halogens is 2. The van der Waals surface area contributed by atoms with E-state index in [1.807, 2.05) is 0 Å². The largest absolute Gasteiger partial charge is 0.507 e. The normalized spacial score (nSPS) is 10.2. The van der Waals surface area contributed by atoms with Gasteiger partial charge in [0.1, 0.15) is 22.9 Å². The van der Waals surface area contributed by atoms with Gasteiger partial charge < -0.3 is 15.2 Å². The predicted molar refractivity (Wildman–Crippen MR) is 76.7 cm³/mol. The molecule has 0 aliphatic carbocycles. The first-order chi connectivity index (χ1) is 9.52. The molecule has 2 aromatic carbocycles. The molecule has 0 aliphatic rings. The fourth-order valence-electron chi connectivity index (χ4n) is 1.70. The number of phenolic OH excluding ortho intramolecular Hbond substituents is 1. The van der Waals surface area contributed by atoms with Gasteiger partial charge in [0.2, 0.25) is 0 Å². The summed E-state index contributed by atoms with van der Waals surface area (Å²) in [6, 6.07) is 8.69. The van der Waals surface area contributed by atoms with Crippen LogP contribution in [-0.2, 0) is 0 Å². The highest BCUT2D eigenvalue weighted by Crippen LogP contribution is 2.29. The zero-order valence-corrected chi connectivity index (χ0v) is 12.1. The average Bonchev–Trinajstić information content (AvgIpc) is 2.38. The molecule has 0 saturated carbocycles. The molecule has 20 heavy (non-hydrogen) atoms. The van der Waals surface area contributed by atoms with E-state index in [4.69, 9.17) is 4.74 Å². The Morgan fingerprint density at radius 2 is 2.10 bits per heavy atom. The Hall–Kier alpha value is -2.08. The van der Waals surface area contributed by atoms with Crippen LogP contribution in [0.2, 0.25) is 0 Å². The average molecular weight is 340 g/mol. The van der Waals surface area contributed by atoms with Crippen molar-refractivity contribution in [2.45, 2.75) is 0 Å². The Balaban J connectivity index is 2.35. The third-order valence-corrected chi connectivity index (χ3v) is 3.12. The first-order valence-corrected chi connectivity index (χ1v) is 6.44. The molecular weight excluding hydrogens is 329 g/mol. The van der Waals surface area contributed by atoms with E-state index in [2.05, 4.69) is 21.2 Å². The molecule has 1 amide bonds. The first kappa shape index (κ1) is 14.3. The molecule has 2 aromatic rings. The van der Waals surface area contributed by atoms with Crippen molar-refractivity contribution in [3.8, 4) is 11.5 Å². The van der Waals surface area contributed by atoms with Crippen molar-refractivity contribution < 1.29 is 19.0 Å². The van der Waals surface area contributed by atoms with Crippen molar-refractivity contribution in [1.29, 1.82) is 0 Å². The molecule has 6 heteroatoms. The second-order valence-electron chi connectivity index (χ2n) is 3.93. The van der Waals surface area contributed by atoms with Gasteiger partial charge in [-0.05, 0) is 30.3 Å². The second kappa shape index (κ2) is 5.92. The summed E-state index contributed by atoms with van der Waals surface area (Å²) in [5.74, 6) is -1.54. The van der Waals surface area contributed by atoms with Gasteiger partial charge in [-0.3, -0.25) is 4.79 Å². The Labute approximate surface area is 123 Å². The third-order valence-electron chi connectivity index (χ3n) is 2.63. The number of hydrogen-bond donors (Lipinski definition) is 2. The zero-order chi connectivity index (χ0) is 14.7. The number of aromatic hydroxyl groups is 1. The van der Waals surface area contributed by atoms with Crippen molar-refractivity contribution >= 4 is 27.5 Å². The minimum Gasteiger partial charge on any atom is -0.507 e. The molecule has 104 valence electrons. The third kappa shape index (κ3) is 2.91. The number of hydrogen-bond acceptors (Lipinski definition) is 3. The van der Waals surface area contributed by atoms with E-state index >= 15 is 0 Å². The maximum atomic E-state index is 13.6. The number of anilines is 1. The molecule has 2 rings (SSSR count). The van der Waals surface area contributed by atoms with Crippen LogP contribution in [0.3, 0.4) is 0 Å². The SMILES string of the molecule is COc1ccc(Br)cc1NC(=O)c1c(O)cccc1F. The molecule has 2 N–H and O–H groups in total. The van der Waals surface area contributed by atoms with Gasteiger partial charge in [-0.15, -0.1) is 0 Å². The summed E-state index contributed by atoms with van der Waals surface area (Å²) in [4.78, 5) is 12.1. The quantitative estimate of drug-likeness (QED) is 0.898. The standard InChI is InChI=1S/C14H11BrFNO3/c1-20-12-6-5-8(15)7-10(12)17-14(19)13-9(16)3-2-4-11(13)18/h2-7,18H,1H3,(H,17,19). The summed E-state index contributed by atoms with van der Waals surface area (Å²) in [5, 5.41) is 12.1. The van der Waals surface area contributed by atoms with Crippen LogP contribution >= 0.6 is 15.9 Å². The topological polar surface area (TPSA) is 58.6 Å². The number of ether oxygens (including phenoxy) is 1. The van der Waals surface area contributed by atoms with Gasteiger partial charge in [-0.25, -0.2) is 4.39 Å². The lowest BCUT2D eigenvalue weighted by Crippen LogP contribution is -2.14. The number of nitrogens with one attached hydrogen (secondary N) is 1. The van der Waals surface area contributed by atoms with Crippen molar-refractivity contribution in [3.05, 3.63) is 52.3 Å². The van der Waals surface area contributed by atoms with Crippen LogP contribution in [0.5, 0.6) is 11.5 Å². The molecule has 0 aromatic heterocycles. The number of amides is 1. The molecule has 0 bridgehead atoms. The molecule has 0 heterocycles. The zero-order valence-electron chi connectivity index (χ0n) is 10.5. The van der Waals surface area contributed by atoms with Crippen LogP contribution in [0.1, 0.15) is 10.4 Å². The maximum Gasteiger partial charge on any atom is 0.262 e. The molecule has 0 fully saturated rings. The van der Waals surface area contributed by atoms with Crippen LogP contribution in [0.25, 0.3) is 0 Å². The van der Waals surface area contributed by atoms with Crippen molar-refractivity contribution in [2.24, 2.45) is 0 Å². The molecular formula is C14H11BrFNO3. The lowest BCUT2D eigenvalue weighted by molar-refractivity contribution is 0.102. The van der Waals surface area contributed by atoms with E-state index in [0.717, 1.165) is 10.5 Å². The first-order valence-electron chi connectivity index (χ1n) is 5.65. The van der Waals surface area contributed by atoms with Gasteiger partial charge in [-0.2, -0.15) is 0 Å². The van der Waals surface area contributed by atoms with Gasteiger partial charge in [0.05, 0.1) is 12.8 Å². The van der Waals surface area contributed by atoms with Gasteiger partial charge in [0.15, 0.2) is 0 Å². The molecule has 0 spiro atoms. The number of benzene rings is 2. The minimum absolute atomic E-state index is 0.370. The summed E-state index contributed by atoms with van der Waals surface area (Å²) < 4.78 is 19.4. The Morgan fingerprint density at radius 1 is 1.35 bits per heavy atom. The van der Waals surface area contributed by atoms with Crippen molar-refractivity contribution in [1.82, 2.24) is 0 Å². The van der Waals surface area contributed by atoms with Gasteiger partial charge in [0.25, 0.3) is 5.91 Å². The van der Waals surface area contributed by atoms with Crippen LogP contribution < -0.4 is 10.1 Å². The van der Waals surface area contributed by atoms with Gasteiger partial charge in [-0.1, -0.05) is 22.0 Å². The Morgan fingerprint density at radius 3 is 2.75 bits per heavy atom. The molecule has 0 saturated heterocycles. The number of carbonyl (C=O) groups excluding carboxylic acids is 1. The number of carbonyl (C=O) groups is 1. The van der Waals surface area contributed by atoms with Gasteiger partial charge in [0, 0.05) is 4.47 Å². The fourth-order valence-corrected chi connectivity index (χ4v) is 2.06.